The Morgan fingerprint density at radius 1 is 0.418 bits per heavy atom. The quantitative estimate of drug-likeness (QED) is 0.130. The van der Waals surface area contributed by atoms with Gasteiger partial charge in [-0.15, -0.1) is 0 Å². The average molecular weight is 698 g/mol. The van der Waals surface area contributed by atoms with Crippen LogP contribution in [0.4, 0.5) is 5.69 Å². The lowest BCUT2D eigenvalue weighted by Gasteiger charge is -2.18. The molecule has 55 heavy (non-hydrogen) atoms. The van der Waals surface area contributed by atoms with E-state index in [0.29, 0.717) is 11.3 Å². The Morgan fingerprint density at radius 2 is 0.909 bits per heavy atom. The Morgan fingerprint density at radius 3 is 1.49 bits per heavy atom. The maximum Gasteiger partial charge on any atom is 0.196 e. The van der Waals surface area contributed by atoms with Crippen LogP contribution in [-0.4, -0.2) is 4.57 Å². The molecule has 0 saturated carbocycles. The normalized spacial score (nSPS) is 11.2. The monoisotopic (exact) mass is 697 g/mol. The highest BCUT2D eigenvalue weighted by molar-refractivity contribution is 6.21. The highest BCUT2D eigenvalue weighted by Crippen LogP contribution is 2.44. The van der Waals surface area contributed by atoms with Gasteiger partial charge in [0.15, 0.2) is 5.69 Å². The Labute approximate surface area is 319 Å². The highest BCUT2D eigenvalue weighted by atomic mass is 15.0. The molecule has 254 valence electrons. The van der Waals surface area contributed by atoms with Crippen LogP contribution in [0.1, 0.15) is 5.56 Å². The molecule has 0 radical (unpaired) electrons. The van der Waals surface area contributed by atoms with Crippen molar-refractivity contribution in [2.45, 2.75) is 0 Å². The van der Waals surface area contributed by atoms with E-state index in [1.807, 2.05) is 36.4 Å². The molecule has 9 aromatic carbocycles. The minimum atomic E-state index is 0.590. The van der Waals surface area contributed by atoms with E-state index in [-0.39, 0.29) is 0 Å². The van der Waals surface area contributed by atoms with Gasteiger partial charge in [-0.05, 0) is 102 Å². The summed E-state index contributed by atoms with van der Waals surface area (Å²) < 4.78 is 2.18. The minimum Gasteiger partial charge on any atom is -0.311 e. The van der Waals surface area contributed by atoms with Gasteiger partial charge in [0.2, 0.25) is 0 Å². The van der Waals surface area contributed by atoms with Crippen LogP contribution in [0.3, 0.4) is 0 Å². The second-order valence-electron chi connectivity index (χ2n) is 13.9. The highest BCUT2D eigenvalue weighted by Gasteiger charge is 2.17. The van der Waals surface area contributed by atoms with Gasteiger partial charge in [-0.25, -0.2) is 4.85 Å². The SMILES string of the molecule is [C-]#[N+]c1cc(-n2c3ccccc3c3cc(C#N)ccc32)ccc1-c1ccc(-c2ccc(-c3c4ccccc4c(-c4ccccc4)c4ccccc34)cc2)cc1. The third-order valence-corrected chi connectivity index (χ3v) is 10.9. The molecule has 0 aliphatic carbocycles. The molecular weight excluding hydrogens is 667 g/mol. The standard InChI is InChI=1S/C52H31N3/c1-54-48-32-40(55-49-18-10-9-13-42(49)47-31-34(33-53)19-30-50(47)55)28-29-41(48)37-24-20-35(21-25-37)36-22-26-39(27-23-36)52-45-16-7-5-14-43(45)51(38-11-3-2-4-12-38)44-15-6-8-17-46(44)52/h2-32H. The lowest BCUT2D eigenvalue weighted by Crippen LogP contribution is -1.94. The van der Waals surface area contributed by atoms with E-state index < -0.39 is 0 Å². The maximum atomic E-state index is 9.55. The largest absolute Gasteiger partial charge is 0.311 e. The van der Waals surface area contributed by atoms with Gasteiger partial charge in [0.25, 0.3) is 0 Å². The second kappa shape index (κ2) is 13.0. The van der Waals surface area contributed by atoms with Crippen molar-refractivity contribution >= 4 is 49.0 Å². The van der Waals surface area contributed by atoms with Crippen molar-refractivity contribution in [1.29, 1.82) is 5.26 Å². The molecule has 10 aromatic rings. The van der Waals surface area contributed by atoms with Crippen LogP contribution >= 0.6 is 0 Å². The fourth-order valence-corrected chi connectivity index (χ4v) is 8.34. The number of nitriles is 1. The Bertz CT molecular complexity index is 3140. The summed E-state index contributed by atoms with van der Waals surface area (Å²) in [6.07, 6.45) is 0. The first-order valence-corrected chi connectivity index (χ1v) is 18.4. The van der Waals surface area contributed by atoms with Crippen LogP contribution in [0.2, 0.25) is 0 Å². The van der Waals surface area contributed by atoms with Gasteiger partial charge >= 0.3 is 0 Å². The summed E-state index contributed by atoms with van der Waals surface area (Å²) >= 11 is 0. The van der Waals surface area contributed by atoms with E-state index in [2.05, 4.69) is 167 Å². The van der Waals surface area contributed by atoms with Gasteiger partial charge < -0.3 is 4.57 Å². The number of hydrogen-bond acceptors (Lipinski definition) is 1. The molecule has 0 atom stereocenters. The van der Waals surface area contributed by atoms with Crippen LogP contribution in [-0.2, 0) is 0 Å². The van der Waals surface area contributed by atoms with Crippen LogP contribution in [0.25, 0.3) is 98.4 Å². The summed E-state index contributed by atoms with van der Waals surface area (Å²) in [5.74, 6) is 0. The molecular formula is C52H31N3. The number of para-hydroxylation sites is 1. The van der Waals surface area contributed by atoms with Crippen molar-refractivity contribution in [2.24, 2.45) is 0 Å². The predicted octanol–water partition coefficient (Wildman–Crippen LogP) is 14.2. The molecule has 0 aliphatic heterocycles. The summed E-state index contributed by atoms with van der Waals surface area (Å²) in [6.45, 7) is 8.14. The molecule has 0 spiro atoms. The van der Waals surface area contributed by atoms with Crippen LogP contribution in [0.15, 0.2) is 188 Å². The van der Waals surface area contributed by atoms with E-state index >= 15 is 0 Å². The van der Waals surface area contributed by atoms with Crippen molar-refractivity contribution < 1.29 is 0 Å². The average Bonchev–Trinajstić information content (AvgIpc) is 3.59. The van der Waals surface area contributed by atoms with Crippen molar-refractivity contribution in [3.63, 3.8) is 0 Å². The fourth-order valence-electron chi connectivity index (χ4n) is 8.34. The molecule has 0 amide bonds. The Balaban J connectivity index is 0.999. The molecule has 0 unspecified atom stereocenters. The Kier molecular flexibility index (Phi) is 7.58. The number of nitrogens with zero attached hydrogens (tertiary/aromatic N) is 3. The van der Waals surface area contributed by atoms with Crippen molar-refractivity contribution in [1.82, 2.24) is 4.57 Å². The molecule has 0 aliphatic rings. The molecule has 1 heterocycles. The van der Waals surface area contributed by atoms with Gasteiger partial charge in [-0.3, -0.25) is 0 Å². The maximum absolute atomic E-state index is 9.55. The van der Waals surface area contributed by atoms with Crippen LogP contribution in [0, 0.1) is 17.9 Å². The van der Waals surface area contributed by atoms with E-state index in [0.717, 1.165) is 49.7 Å². The van der Waals surface area contributed by atoms with Crippen LogP contribution < -0.4 is 0 Å². The van der Waals surface area contributed by atoms with Crippen LogP contribution in [0.5, 0.6) is 0 Å². The van der Waals surface area contributed by atoms with Crippen molar-refractivity contribution in [3.05, 3.63) is 205 Å². The number of hydrogen-bond donors (Lipinski definition) is 0. The number of rotatable bonds is 5. The summed E-state index contributed by atoms with van der Waals surface area (Å²) in [5, 5.41) is 16.6. The first kappa shape index (κ1) is 32.0. The first-order chi connectivity index (χ1) is 27.2. The van der Waals surface area contributed by atoms with Crippen molar-refractivity contribution in [3.8, 4) is 56.3 Å². The zero-order valence-electron chi connectivity index (χ0n) is 29.7. The van der Waals surface area contributed by atoms with E-state index in [9.17, 15) is 5.26 Å². The number of benzene rings is 9. The van der Waals surface area contributed by atoms with E-state index in [1.165, 1.54) is 43.8 Å². The lowest BCUT2D eigenvalue weighted by atomic mass is 9.86. The smallest absolute Gasteiger partial charge is 0.196 e. The van der Waals surface area contributed by atoms with Crippen molar-refractivity contribution in [2.75, 3.05) is 0 Å². The zero-order valence-corrected chi connectivity index (χ0v) is 29.7. The van der Waals surface area contributed by atoms with E-state index in [4.69, 9.17) is 6.57 Å². The van der Waals surface area contributed by atoms with Gasteiger partial charge in [-0.2, -0.15) is 5.26 Å². The Hall–Kier alpha value is -7.72. The first-order valence-electron chi connectivity index (χ1n) is 18.4. The zero-order chi connectivity index (χ0) is 36.9. The number of aromatic nitrogens is 1. The molecule has 3 heteroatoms. The third kappa shape index (κ3) is 5.27. The summed E-state index contributed by atoms with van der Waals surface area (Å²) in [7, 11) is 0. The summed E-state index contributed by atoms with van der Waals surface area (Å²) in [6, 6.07) is 68.0. The molecule has 0 N–H and O–H groups in total. The topological polar surface area (TPSA) is 33.1 Å². The lowest BCUT2D eigenvalue weighted by molar-refractivity contribution is 1.18. The van der Waals surface area contributed by atoms with Gasteiger partial charge in [0.05, 0.1) is 29.2 Å². The van der Waals surface area contributed by atoms with Gasteiger partial charge in [0.1, 0.15) is 0 Å². The summed E-state index contributed by atoms with van der Waals surface area (Å²) in [5.41, 5.74) is 13.2. The minimum absolute atomic E-state index is 0.590. The molecule has 0 fully saturated rings. The number of fused-ring (bicyclic) bond motifs is 5. The second-order valence-corrected chi connectivity index (χ2v) is 13.9. The predicted molar refractivity (Wildman–Crippen MR) is 229 cm³/mol. The summed E-state index contributed by atoms with van der Waals surface area (Å²) in [4.78, 5) is 3.98. The molecule has 0 bridgehead atoms. The molecule has 0 saturated heterocycles. The van der Waals surface area contributed by atoms with Gasteiger partial charge in [0, 0.05) is 16.5 Å². The van der Waals surface area contributed by atoms with Gasteiger partial charge in [-0.1, -0.05) is 152 Å². The third-order valence-electron chi connectivity index (χ3n) is 10.9. The molecule has 10 rings (SSSR count). The fraction of sp³-hybridized carbons (Fsp3) is 0. The molecule has 1 aromatic heterocycles. The molecule has 3 nitrogen and oxygen atoms in total. The van der Waals surface area contributed by atoms with E-state index in [1.54, 1.807) is 0 Å².